The average molecular weight is 472 g/mol. The van der Waals surface area contributed by atoms with Gasteiger partial charge in [-0.3, -0.25) is 9.59 Å². The molecule has 180 valence electrons. The van der Waals surface area contributed by atoms with Crippen molar-refractivity contribution in [1.82, 2.24) is 25.3 Å². The zero-order valence-corrected chi connectivity index (χ0v) is 18.2. The van der Waals surface area contributed by atoms with Gasteiger partial charge in [-0.15, -0.1) is 0 Å². The van der Waals surface area contributed by atoms with Gasteiger partial charge in [0, 0.05) is 55.9 Å². The molecule has 3 heterocycles. The molecule has 1 aliphatic rings. The van der Waals surface area contributed by atoms with E-state index in [1.54, 1.807) is 0 Å². The number of aliphatic hydroxyl groups excluding tert-OH is 1. The van der Waals surface area contributed by atoms with E-state index < -0.39 is 5.97 Å². The molecule has 0 spiro atoms. The number of carboxylic acid groups (broad SMARTS) is 1. The normalized spacial score (nSPS) is 15.5. The van der Waals surface area contributed by atoms with Gasteiger partial charge in [-0.05, 0) is 5.53 Å². The van der Waals surface area contributed by atoms with Gasteiger partial charge < -0.3 is 30.1 Å². The van der Waals surface area contributed by atoms with E-state index in [0.717, 1.165) is 0 Å². The molecule has 1 aliphatic heterocycles. The quantitative estimate of drug-likeness (QED) is 0.173. The number of hydrogen-bond acceptors (Lipinski definition) is 11. The summed E-state index contributed by atoms with van der Waals surface area (Å²) in [5.41, 5.74) is 9.06. The van der Waals surface area contributed by atoms with Crippen LogP contribution in [0.15, 0.2) is 29.9 Å². The Labute approximate surface area is 194 Å². The molecule has 15 nitrogen and oxygen atoms in total. The van der Waals surface area contributed by atoms with Crippen LogP contribution in [0.4, 0.5) is 17.6 Å². The number of nitrogens with zero attached hydrogens (tertiary/aromatic N) is 9. The predicted molar refractivity (Wildman–Crippen MR) is 119 cm³/mol. The number of aliphatic hydroxyl groups is 1. The van der Waals surface area contributed by atoms with Gasteiger partial charge in [0.15, 0.2) is 0 Å². The third-order valence-electron chi connectivity index (χ3n) is 4.91. The highest BCUT2D eigenvalue weighted by Crippen LogP contribution is 2.20. The Morgan fingerprint density at radius 3 is 2.50 bits per heavy atom. The number of nitrogens with one attached hydrogen (secondary N) is 1. The van der Waals surface area contributed by atoms with E-state index in [9.17, 15) is 14.7 Å². The van der Waals surface area contributed by atoms with Crippen molar-refractivity contribution in [2.24, 2.45) is 5.11 Å². The summed E-state index contributed by atoms with van der Waals surface area (Å²) in [5.74, 6) is -0.475. The standard InChI is InChI=1S/C19H24N10O5/c20-27-26-14-9-24-19(25-10-14)29-4-3-28(11-15(29)12-30)18-22-7-13(8-23-18)17(33)21-2-6-34-5-1-16(31)32/h7-10,15,30H,1-6,11-12H2,(H,21,33)(H,31,32). The van der Waals surface area contributed by atoms with Crippen LogP contribution in [0.25, 0.3) is 10.4 Å². The van der Waals surface area contributed by atoms with Gasteiger partial charge in [0.25, 0.3) is 5.91 Å². The van der Waals surface area contributed by atoms with E-state index in [-0.39, 0.29) is 50.3 Å². The molecule has 3 rings (SSSR count). The van der Waals surface area contributed by atoms with Crippen LogP contribution in [0, 0.1) is 0 Å². The van der Waals surface area contributed by atoms with Crippen molar-refractivity contribution < 1.29 is 24.5 Å². The zero-order valence-electron chi connectivity index (χ0n) is 18.2. The third kappa shape index (κ3) is 6.71. The summed E-state index contributed by atoms with van der Waals surface area (Å²) in [4.78, 5) is 46.0. The fourth-order valence-electron chi connectivity index (χ4n) is 3.22. The predicted octanol–water partition coefficient (Wildman–Crippen LogP) is 0.117. The molecule has 1 atom stereocenters. The van der Waals surface area contributed by atoms with E-state index in [0.29, 0.717) is 37.2 Å². The maximum atomic E-state index is 12.2. The van der Waals surface area contributed by atoms with Crippen molar-refractivity contribution in [3.63, 3.8) is 0 Å². The Hall–Kier alpha value is -4.07. The van der Waals surface area contributed by atoms with Crippen molar-refractivity contribution in [1.29, 1.82) is 0 Å². The minimum atomic E-state index is -0.942. The second-order valence-electron chi connectivity index (χ2n) is 7.19. The van der Waals surface area contributed by atoms with E-state index >= 15 is 0 Å². The SMILES string of the molecule is [N-]=[N+]=Nc1cnc(N2CCN(c3ncc(C(=O)NCCOCCC(=O)O)cn3)CC2CO)nc1. The van der Waals surface area contributed by atoms with Crippen LogP contribution in [0.5, 0.6) is 0 Å². The lowest BCUT2D eigenvalue weighted by Gasteiger charge is -2.40. The monoisotopic (exact) mass is 472 g/mol. The maximum Gasteiger partial charge on any atom is 0.305 e. The number of hydrogen-bond donors (Lipinski definition) is 3. The average Bonchev–Trinajstić information content (AvgIpc) is 2.86. The number of aromatic nitrogens is 4. The number of anilines is 2. The van der Waals surface area contributed by atoms with Crippen LogP contribution in [-0.4, -0.2) is 94.1 Å². The van der Waals surface area contributed by atoms with Gasteiger partial charge in [-0.2, -0.15) is 0 Å². The van der Waals surface area contributed by atoms with Crippen LogP contribution in [0.2, 0.25) is 0 Å². The van der Waals surface area contributed by atoms with Crippen molar-refractivity contribution in [3.8, 4) is 0 Å². The van der Waals surface area contributed by atoms with Crippen LogP contribution >= 0.6 is 0 Å². The molecule has 3 N–H and O–H groups in total. The summed E-state index contributed by atoms with van der Waals surface area (Å²) in [5, 5.41) is 24.5. The molecule has 1 saturated heterocycles. The minimum absolute atomic E-state index is 0.0816. The lowest BCUT2D eigenvalue weighted by Crippen LogP contribution is -2.56. The number of rotatable bonds is 11. The first kappa shape index (κ1) is 24.6. The molecule has 15 heteroatoms. The number of azide groups is 1. The van der Waals surface area contributed by atoms with E-state index in [2.05, 4.69) is 35.3 Å². The van der Waals surface area contributed by atoms with Crippen LogP contribution < -0.4 is 15.1 Å². The highest BCUT2D eigenvalue weighted by atomic mass is 16.5. The number of carbonyl (C=O) groups excluding carboxylic acids is 1. The molecular weight excluding hydrogens is 448 g/mol. The maximum absolute atomic E-state index is 12.2. The van der Waals surface area contributed by atoms with E-state index in [1.807, 2.05) is 9.80 Å². The second kappa shape index (κ2) is 12.2. The van der Waals surface area contributed by atoms with E-state index in [1.165, 1.54) is 24.8 Å². The van der Waals surface area contributed by atoms with Gasteiger partial charge in [-0.1, -0.05) is 5.11 Å². The minimum Gasteiger partial charge on any atom is -0.481 e. The Morgan fingerprint density at radius 2 is 1.85 bits per heavy atom. The highest BCUT2D eigenvalue weighted by Gasteiger charge is 2.29. The summed E-state index contributed by atoms with van der Waals surface area (Å²) in [6.45, 7) is 1.81. The van der Waals surface area contributed by atoms with Gasteiger partial charge >= 0.3 is 5.97 Å². The van der Waals surface area contributed by atoms with Crippen LogP contribution in [-0.2, 0) is 9.53 Å². The molecule has 34 heavy (non-hydrogen) atoms. The first-order valence-electron chi connectivity index (χ1n) is 10.4. The largest absolute Gasteiger partial charge is 0.481 e. The molecule has 2 aromatic rings. The number of piperazine rings is 1. The first-order valence-corrected chi connectivity index (χ1v) is 10.4. The zero-order chi connectivity index (χ0) is 24.3. The number of amides is 1. The topological polar surface area (TPSA) is 203 Å². The molecule has 0 saturated carbocycles. The number of carbonyl (C=O) groups is 2. The molecule has 1 fully saturated rings. The van der Waals surface area contributed by atoms with Gasteiger partial charge in [-0.25, -0.2) is 19.9 Å². The summed E-state index contributed by atoms with van der Waals surface area (Å²) >= 11 is 0. The third-order valence-corrected chi connectivity index (χ3v) is 4.91. The molecule has 0 bridgehead atoms. The van der Waals surface area contributed by atoms with Gasteiger partial charge in [0.05, 0.1) is 43.5 Å². The van der Waals surface area contributed by atoms with Crippen LogP contribution in [0.1, 0.15) is 16.8 Å². The van der Waals surface area contributed by atoms with Crippen molar-refractivity contribution in [2.75, 3.05) is 55.8 Å². The summed E-state index contributed by atoms with van der Waals surface area (Å²) in [6, 6.07) is -0.313. The number of carboxylic acids is 1. The molecule has 2 aromatic heterocycles. The number of aliphatic carboxylic acids is 1. The van der Waals surface area contributed by atoms with Gasteiger partial charge in [0.2, 0.25) is 11.9 Å². The second-order valence-corrected chi connectivity index (χ2v) is 7.19. The molecule has 1 amide bonds. The summed E-state index contributed by atoms with van der Waals surface area (Å²) < 4.78 is 5.12. The van der Waals surface area contributed by atoms with Crippen LogP contribution in [0.3, 0.4) is 0 Å². The smallest absolute Gasteiger partial charge is 0.305 e. The molecular formula is C19H24N10O5. The molecule has 0 aromatic carbocycles. The Kier molecular flexibility index (Phi) is 8.85. The Bertz CT molecular complexity index is 1010. The lowest BCUT2D eigenvalue weighted by molar-refractivity contribution is -0.138. The Balaban J connectivity index is 1.52. The summed E-state index contributed by atoms with van der Waals surface area (Å²) in [7, 11) is 0. The molecule has 0 radical (unpaired) electrons. The molecule has 1 unspecified atom stereocenters. The van der Waals surface area contributed by atoms with Crippen molar-refractivity contribution in [3.05, 3.63) is 40.8 Å². The molecule has 0 aliphatic carbocycles. The van der Waals surface area contributed by atoms with Crippen molar-refractivity contribution in [2.45, 2.75) is 12.5 Å². The van der Waals surface area contributed by atoms with E-state index in [4.69, 9.17) is 15.4 Å². The summed E-state index contributed by atoms with van der Waals surface area (Å²) in [6.07, 6.45) is 5.57. The first-order chi connectivity index (χ1) is 16.5. The highest BCUT2D eigenvalue weighted by molar-refractivity contribution is 5.93. The lowest BCUT2D eigenvalue weighted by atomic mass is 10.2. The Morgan fingerprint density at radius 1 is 1.15 bits per heavy atom. The van der Waals surface area contributed by atoms with Gasteiger partial charge in [0.1, 0.15) is 0 Å². The fourth-order valence-corrected chi connectivity index (χ4v) is 3.22. The van der Waals surface area contributed by atoms with Crippen molar-refractivity contribution >= 4 is 29.5 Å². The fraction of sp³-hybridized carbons (Fsp3) is 0.474. The number of ether oxygens (including phenoxy) is 1.